The summed E-state index contributed by atoms with van der Waals surface area (Å²) in [5.41, 5.74) is 2.74. The molecule has 2 aromatic rings. The number of carbonyl (C=O) groups excluding carboxylic acids is 1. The summed E-state index contributed by atoms with van der Waals surface area (Å²) in [6.07, 6.45) is 3.62. The van der Waals surface area contributed by atoms with Gasteiger partial charge in [0.1, 0.15) is 0 Å². The van der Waals surface area contributed by atoms with E-state index in [9.17, 15) is 4.79 Å². The average Bonchev–Trinajstić information content (AvgIpc) is 2.64. The Morgan fingerprint density at radius 2 is 2.19 bits per heavy atom. The fraction of sp³-hybridized carbons (Fsp3) is 0.167. The van der Waals surface area contributed by atoms with E-state index in [1.165, 1.54) is 0 Å². The van der Waals surface area contributed by atoms with Gasteiger partial charge < -0.3 is 0 Å². The van der Waals surface area contributed by atoms with Crippen molar-refractivity contribution in [3.05, 3.63) is 46.2 Å². The molecule has 2 rings (SSSR count). The molecule has 0 aliphatic carbocycles. The zero-order valence-electron chi connectivity index (χ0n) is 9.07. The second kappa shape index (κ2) is 4.22. The predicted molar refractivity (Wildman–Crippen MR) is 66.0 cm³/mol. The lowest BCUT2D eigenvalue weighted by Crippen LogP contribution is -2.00. The number of ketones is 1. The van der Waals surface area contributed by atoms with Gasteiger partial charge in [-0.25, -0.2) is 4.68 Å². The quantitative estimate of drug-likeness (QED) is 0.791. The van der Waals surface area contributed by atoms with Gasteiger partial charge in [-0.05, 0) is 53.5 Å². The topological polar surface area (TPSA) is 34.9 Å². The fourth-order valence-electron chi connectivity index (χ4n) is 1.56. The maximum absolute atomic E-state index is 11.2. The van der Waals surface area contributed by atoms with Crippen molar-refractivity contribution in [2.45, 2.75) is 13.8 Å². The third kappa shape index (κ3) is 2.07. The van der Waals surface area contributed by atoms with Gasteiger partial charge in [-0.3, -0.25) is 4.79 Å². The Bertz CT molecular complexity index is 546. The highest BCUT2D eigenvalue weighted by molar-refractivity contribution is 9.10. The Hall–Kier alpha value is -1.42. The summed E-state index contributed by atoms with van der Waals surface area (Å²) in [5.74, 6) is 0.0799. The van der Waals surface area contributed by atoms with Gasteiger partial charge in [0, 0.05) is 11.8 Å². The zero-order valence-corrected chi connectivity index (χ0v) is 10.7. The molecule has 0 unspecified atom stereocenters. The third-order valence-corrected chi connectivity index (χ3v) is 2.81. The van der Waals surface area contributed by atoms with Crippen LogP contribution in [0.2, 0.25) is 0 Å². The molecule has 0 aliphatic heterocycles. The van der Waals surface area contributed by atoms with Crippen molar-refractivity contribution in [1.82, 2.24) is 9.78 Å². The summed E-state index contributed by atoms with van der Waals surface area (Å²) < 4.78 is 2.71. The lowest BCUT2D eigenvalue weighted by molar-refractivity contribution is 0.101. The van der Waals surface area contributed by atoms with Crippen LogP contribution < -0.4 is 0 Å². The van der Waals surface area contributed by atoms with E-state index < -0.39 is 0 Å². The van der Waals surface area contributed by atoms with Gasteiger partial charge in [0.05, 0.1) is 16.4 Å². The molecule has 82 valence electrons. The number of rotatable bonds is 2. The van der Waals surface area contributed by atoms with Crippen molar-refractivity contribution in [3.63, 3.8) is 0 Å². The minimum Gasteiger partial charge on any atom is -0.295 e. The molecule has 1 heterocycles. The maximum atomic E-state index is 11.2. The van der Waals surface area contributed by atoms with Crippen LogP contribution in [0.1, 0.15) is 22.8 Å². The number of nitrogens with zero attached hydrogens (tertiary/aromatic N) is 2. The molecule has 1 aromatic heterocycles. The average molecular weight is 279 g/mol. The zero-order chi connectivity index (χ0) is 11.7. The van der Waals surface area contributed by atoms with Crippen molar-refractivity contribution in [1.29, 1.82) is 0 Å². The van der Waals surface area contributed by atoms with Crippen LogP contribution >= 0.6 is 15.9 Å². The van der Waals surface area contributed by atoms with Crippen LogP contribution in [0.25, 0.3) is 5.69 Å². The molecule has 3 nitrogen and oxygen atoms in total. The Morgan fingerprint density at radius 1 is 1.44 bits per heavy atom. The van der Waals surface area contributed by atoms with E-state index >= 15 is 0 Å². The standard InChI is InChI=1S/C12H11BrN2O/c1-8-5-10(9(2)16)3-4-12(8)15-7-11(13)6-14-15/h3-7H,1-2H3. The summed E-state index contributed by atoms with van der Waals surface area (Å²) in [6, 6.07) is 5.61. The largest absolute Gasteiger partial charge is 0.295 e. The summed E-state index contributed by atoms with van der Waals surface area (Å²) in [7, 11) is 0. The number of aryl methyl sites for hydroxylation is 1. The van der Waals surface area contributed by atoms with Crippen molar-refractivity contribution < 1.29 is 4.79 Å². The van der Waals surface area contributed by atoms with Gasteiger partial charge in [0.25, 0.3) is 0 Å². The van der Waals surface area contributed by atoms with Gasteiger partial charge in [-0.15, -0.1) is 0 Å². The summed E-state index contributed by atoms with van der Waals surface area (Å²) in [6.45, 7) is 3.54. The van der Waals surface area contributed by atoms with Crippen LogP contribution in [0.15, 0.2) is 35.1 Å². The van der Waals surface area contributed by atoms with Crippen LogP contribution in [-0.4, -0.2) is 15.6 Å². The van der Waals surface area contributed by atoms with Gasteiger partial charge in [-0.2, -0.15) is 5.10 Å². The fourth-order valence-corrected chi connectivity index (χ4v) is 1.85. The molecule has 0 saturated carbocycles. The maximum Gasteiger partial charge on any atom is 0.159 e. The van der Waals surface area contributed by atoms with E-state index in [2.05, 4.69) is 21.0 Å². The molecule has 16 heavy (non-hydrogen) atoms. The van der Waals surface area contributed by atoms with E-state index in [1.54, 1.807) is 17.8 Å². The highest BCUT2D eigenvalue weighted by atomic mass is 79.9. The lowest BCUT2D eigenvalue weighted by Gasteiger charge is -2.06. The van der Waals surface area contributed by atoms with Crippen LogP contribution in [-0.2, 0) is 0 Å². The highest BCUT2D eigenvalue weighted by Crippen LogP contribution is 2.17. The molecule has 0 saturated heterocycles. The third-order valence-electron chi connectivity index (χ3n) is 2.40. The Kier molecular flexibility index (Phi) is 2.92. The number of aromatic nitrogens is 2. The molecule has 0 radical (unpaired) electrons. The second-order valence-corrected chi connectivity index (χ2v) is 4.58. The summed E-state index contributed by atoms with van der Waals surface area (Å²) in [5, 5.41) is 4.21. The van der Waals surface area contributed by atoms with Gasteiger partial charge >= 0.3 is 0 Å². The normalized spacial score (nSPS) is 10.4. The molecule has 4 heteroatoms. The monoisotopic (exact) mass is 278 g/mol. The van der Waals surface area contributed by atoms with Gasteiger partial charge in [0.2, 0.25) is 0 Å². The summed E-state index contributed by atoms with van der Waals surface area (Å²) in [4.78, 5) is 11.2. The van der Waals surface area contributed by atoms with Crippen LogP contribution in [0.5, 0.6) is 0 Å². The first-order valence-corrected chi connectivity index (χ1v) is 5.69. The number of hydrogen-bond donors (Lipinski definition) is 0. The number of benzene rings is 1. The molecule has 0 N–H and O–H groups in total. The first-order chi connectivity index (χ1) is 7.58. The molecule has 0 aliphatic rings. The van der Waals surface area contributed by atoms with Crippen LogP contribution in [0.4, 0.5) is 0 Å². The first kappa shape index (κ1) is 11.1. The number of hydrogen-bond acceptors (Lipinski definition) is 2. The molecular weight excluding hydrogens is 268 g/mol. The molecule has 0 fully saturated rings. The van der Waals surface area contributed by atoms with Crippen molar-refractivity contribution in [2.75, 3.05) is 0 Å². The lowest BCUT2D eigenvalue weighted by atomic mass is 10.1. The van der Waals surface area contributed by atoms with Gasteiger partial charge in [0.15, 0.2) is 5.78 Å². The first-order valence-electron chi connectivity index (χ1n) is 4.90. The van der Waals surface area contributed by atoms with E-state index in [-0.39, 0.29) is 5.78 Å². The summed E-state index contributed by atoms with van der Waals surface area (Å²) >= 11 is 3.35. The van der Waals surface area contributed by atoms with E-state index in [1.807, 2.05) is 31.3 Å². The minimum absolute atomic E-state index is 0.0799. The van der Waals surface area contributed by atoms with E-state index in [4.69, 9.17) is 0 Å². The number of Topliss-reactive ketones (excluding diaryl/α,β-unsaturated/α-hetero) is 1. The van der Waals surface area contributed by atoms with E-state index in [0.717, 1.165) is 21.3 Å². The van der Waals surface area contributed by atoms with E-state index in [0.29, 0.717) is 0 Å². The van der Waals surface area contributed by atoms with Gasteiger partial charge in [-0.1, -0.05) is 0 Å². The SMILES string of the molecule is CC(=O)c1ccc(-n2cc(Br)cn2)c(C)c1. The van der Waals surface area contributed by atoms with Crippen molar-refractivity contribution in [2.24, 2.45) is 0 Å². The molecular formula is C12H11BrN2O. The minimum atomic E-state index is 0.0799. The van der Waals surface area contributed by atoms with Crippen molar-refractivity contribution >= 4 is 21.7 Å². The second-order valence-electron chi connectivity index (χ2n) is 3.66. The molecule has 0 spiro atoms. The molecule has 0 bridgehead atoms. The number of halogens is 1. The Labute approximate surface area is 102 Å². The number of carbonyl (C=O) groups is 1. The Balaban J connectivity index is 2.47. The van der Waals surface area contributed by atoms with Crippen LogP contribution in [0.3, 0.4) is 0 Å². The molecule has 1 aromatic carbocycles. The van der Waals surface area contributed by atoms with Crippen LogP contribution in [0, 0.1) is 6.92 Å². The molecule has 0 amide bonds. The molecule has 0 atom stereocenters. The highest BCUT2D eigenvalue weighted by Gasteiger charge is 2.06. The predicted octanol–water partition coefficient (Wildman–Crippen LogP) is 3.15. The smallest absolute Gasteiger partial charge is 0.159 e. The Morgan fingerprint density at radius 3 is 2.69 bits per heavy atom. The van der Waals surface area contributed by atoms with Crippen molar-refractivity contribution in [3.8, 4) is 5.69 Å².